The van der Waals surface area contributed by atoms with Crippen molar-refractivity contribution in [2.75, 3.05) is 11.9 Å². The van der Waals surface area contributed by atoms with Gasteiger partial charge in [0.05, 0.1) is 5.69 Å². The Morgan fingerprint density at radius 3 is 2.55 bits per heavy atom. The van der Waals surface area contributed by atoms with Crippen molar-refractivity contribution < 1.29 is 23.9 Å². The van der Waals surface area contributed by atoms with Gasteiger partial charge in [-0.15, -0.1) is 11.3 Å². The molecular formula is C21H18N2O5S. The van der Waals surface area contributed by atoms with Gasteiger partial charge in [0, 0.05) is 16.5 Å². The van der Waals surface area contributed by atoms with Crippen LogP contribution in [0.1, 0.15) is 17.3 Å². The van der Waals surface area contributed by atoms with Gasteiger partial charge in [-0.1, -0.05) is 30.3 Å². The van der Waals surface area contributed by atoms with E-state index in [2.05, 4.69) is 10.3 Å². The van der Waals surface area contributed by atoms with Crippen LogP contribution in [0.15, 0.2) is 60.0 Å². The fourth-order valence-corrected chi connectivity index (χ4v) is 3.07. The Kier molecular flexibility index (Phi) is 6.70. The van der Waals surface area contributed by atoms with Gasteiger partial charge in [-0.3, -0.25) is 14.9 Å². The van der Waals surface area contributed by atoms with Crippen LogP contribution in [0.25, 0.3) is 11.3 Å². The number of anilines is 1. The molecule has 29 heavy (non-hydrogen) atoms. The molecule has 0 aliphatic heterocycles. The van der Waals surface area contributed by atoms with Gasteiger partial charge in [0.1, 0.15) is 12.0 Å². The highest BCUT2D eigenvalue weighted by molar-refractivity contribution is 7.14. The third kappa shape index (κ3) is 5.73. The van der Waals surface area contributed by atoms with E-state index in [-0.39, 0.29) is 6.61 Å². The van der Waals surface area contributed by atoms with Crippen molar-refractivity contribution in [2.45, 2.75) is 13.0 Å². The van der Waals surface area contributed by atoms with E-state index >= 15 is 0 Å². The predicted octanol–water partition coefficient (Wildman–Crippen LogP) is 3.57. The van der Waals surface area contributed by atoms with E-state index in [1.54, 1.807) is 24.3 Å². The summed E-state index contributed by atoms with van der Waals surface area (Å²) in [4.78, 5) is 39.1. The molecule has 3 aromatic rings. The molecule has 1 N–H and O–H groups in total. The van der Waals surface area contributed by atoms with E-state index < -0.39 is 18.0 Å². The molecule has 0 bridgehead atoms. The Morgan fingerprint density at radius 1 is 1.14 bits per heavy atom. The molecule has 0 aliphatic carbocycles. The van der Waals surface area contributed by atoms with Crippen molar-refractivity contribution >= 4 is 34.6 Å². The molecule has 0 saturated carbocycles. The number of aromatic nitrogens is 1. The van der Waals surface area contributed by atoms with E-state index in [1.807, 2.05) is 35.7 Å². The second-order valence-electron chi connectivity index (χ2n) is 6.00. The number of amides is 1. The molecule has 8 heteroatoms. The Hall–Kier alpha value is -3.52. The second-order valence-corrected chi connectivity index (χ2v) is 6.86. The molecule has 0 radical (unpaired) electrons. The number of carbonyl (C=O) groups is 3. The van der Waals surface area contributed by atoms with Crippen molar-refractivity contribution in [1.29, 1.82) is 0 Å². The van der Waals surface area contributed by atoms with Crippen molar-refractivity contribution in [3.05, 3.63) is 65.5 Å². The van der Waals surface area contributed by atoms with E-state index in [1.165, 1.54) is 18.3 Å². The Morgan fingerprint density at radius 2 is 1.86 bits per heavy atom. The lowest BCUT2D eigenvalue weighted by Crippen LogP contribution is -2.31. The van der Waals surface area contributed by atoms with Crippen LogP contribution in [0, 0.1) is 0 Å². The van der Waals surface area contributed by atoms with Crippen molar-refractivity contribution in [3.63, 3.8) is 0 Å². The summed E-state index contributed by atoms with van der Waals surface area (Å²) >= 11 is 1.29. The number of rotatable bonds is 8. The van der Waals surface area contributed by atoms with Crippen LogP contribution < -0.4 is 10.1 Å². The first-order chi connectivity index (χ1) is 14.0. The smallest absolute Gasteiger partial charge is 0.344 e. The molecule has 1 heterocycles. The van der Waals surface area contributed by atoms with Gasteiger partial charge in [0.2, 0.25) is 0 Å². The zero-order chi connectivity index (χ0) is 20.6. The van der Waals surface area contributed by atoms with Crippen LogP contribution in [-0.2, 0) is 14.3 Å². The highest BCUT2D eigenvalue weighted by Gasteiger charge is 2.19. The first-order valence-electron chi connectivity index (χ1n) is 8.74. The van der Waals surface area contributed by atoms with Crippen LogP contribution in [0.2, 0.25) is 0 Å². The number of thiazole rings is 1. The molecule has 0 fully saturated rings. The van der Waals surface area contributed by atoms with Crippen LogP contribution in [-0.4, -0.2) is 35.9 Å². The first kappa shape index (κ1) is 20.2. The summed E-state index contributed by atoms with van der Waals surface area (Å²) in [6.07, 6.45) is -0.295. The van der Waals surface area contributed by atoms with Gasteiger partial charge in [-0.05, 0) is 31.2 Å². The topological polar surface area (TPSA) is 94.6 Å². The number of nitrogens with zero attached hydrogens (tertiary/aromatic N) is 1. The third-order valence-corrected chi connectivity index (χ3v) is 4.61. The van der Waals surface area contributed by atoms with Crippen LogP contribution in [0.4, 0.5) is 5.13 Å². The monoisotopic (exact) mass is 410 g/mol. The van der Waals surface area contributed by atoms with Gasteiger partial charge >= 0.3 is 5.97 Å². The molecule has 0 aliphatic rings. The van der Waals surface area contributed by atoms with Crippen LogP contribution in [0.5, 0.6) is 5.75 Å². The molecule has 0 saturated heterocycles. The molecule has 148 valence electrons. The maximum atomic E-state index is 12.2. The molecule has 0 spiro atoms. The van der Waals surface area contributed by atoms with Gasteiger partial charge in [-0.2, -0.15) is 0 Å². The number of hydrogen-bond donors (Lipinski definition) is 1. The van der Waals surface area contributed by atoms with E-state index in [0.717, 1.165) is 11.3 Å². The largest absolute Gasteiger partial charge is 0.482 e. The molecule has 0 unspecified atom stereocenters. The number of hydrogen-bond acceptors (Lipinski definition) is 7. The maximum Gasteiger partial charge on any atom is 0.344 e. The van der Waals surface area contributed by atoms with Crippen molar-refractivity contribution in [2.24, 2.45) is 0 Å². The van der Waals surface area contributed by atoms with Crippen molar-refractivity contribution in [1.82, 2.24) is 4.98 Å². The van der Waals surface area contributed by atoms with E-state index in [0.29, 0.717) is 22.7 Å². The summed E-state index contributed by atoms with van der Waals surface area (Å²) in [5.74, 6) is -0.750. The Bertz CT molecular complexity index is 986. The highest BCUT2D eigenvalue weighted by atomic mass is 32.1. The molecular weight excluding hydrogens is 392 g/mol. The summed E-state index contributed by atoms with van der Waals surface area (Å²) in [5.41, 5.74) is 2.20. The zero-order valence-corrected chi connectivity index (χ0v) is 16.3. The van der Waals surface area contributed by atoms with Crippen molar-refractivity contribution in [3.8, 4) is 17.0 Å². The summed E-state index contributed by atoms with van der Waals surface area (Å²) in [5, 5.41) is 4.90. The fourth-order valence-electron chi connectivity index (χ4n) is 2.35. The maximum absolute atomic E-state index is 12.2. The van der Waals surface area contributed by atoms with Crippen LogP contribution >= 0.6 is 11.3 Å². The zero-order valence-electron chi connectivity index (χ0n) is 15.5. The number of ether oxygens (including phenoxy) is 2. The average molecular weight is 410 g/mol. The standard InChI is InChI=1S/C21H18N2O5S/c1-14(28-19(25)12-27-17-9-7-15(11-24)8-10-17)20(26)23-21-22-18(13-29-21)16-5-3-2-4-6-16/h2-11,13-14H,12H2,1H3,(H,22,23,26)/t14-/m1/s1. The van der Waals surface area contributed by atoms with Gasteiger partial charge in [0.15, 0.2) is 17.8 Å². The third-order valence-electron chi connectivity index (χ3n) is 3.85. The lowest BCUT2D eigenvalue weighted by Gasteiger charge is -2.13. The number of nitrogens with one attached hydrogen (secondary N) is 1. The minimum absolute atomic E-state index is 0.354. The molecule has 2 aromatic carbocycles. The van der Waals surface area contributed by atoms with Gasteiger partial charge in [-0.25, -0.2) is 9.78 Å². The normalized spacial score (nSPS) is 11.3. The summed E-state index contributed by atoms with van der Waals surface area (Å²) in [6, 6.07) is 15.9. The number of esters is 1. The van der Waals surface area contributed by atoms with Crippen LogP contribution in [0.3, 0.4) is 0 Å². The minimum atomic E-state index is -1.01. The molecule has 1 atom stereocenters. The first-order valence-corrected chi connectivity index (χ1v) is 9.62. The van der Waals surface area contributed by atoms with Gasteiger partial charge in [0.25, 0.3) is 5.91 Å². The summed E-state index contributed by atoms with van der Waals surface area (Å²) in [6.45, 7) is 1.12. The lowest BCUT2D eigenvalue weighted by molar-refractivity contribution is -0.155. The second kappa shape index (κ2) is 9.61. The number of benzene rings is 2. The van der Waals surface area contributed by atoms with Gasteiger partial charge < -0.3 is 9.47 Å². The number of aldehydes is 1. The van der Waals surface area contributed by atoms with E-state index in [4.69, 9.17) is 9.47 Å². The molecule has 1 aromatic heterocycles. The summed E-state index contributed by atoms with van der Waals surface area (Å²) in [7, 11) is 0. The molecule has 1 amide bonds. The molecule has 7 nitrogen and oxygen atoms in total. The highest BCUT2D eigenvalue weighted by Crippen LogP contribution is 2.24. The van der Waals surface area contributed by atoms with E-state index in [9.17, 15) is 14.4 Å². The lowest BCUT2D eigenvalue weighted by atomic mass is 10.2. The quantitative estimate of drug-likeness (QED) is 0.451. The minimum Gasteiger partial charge on any atom is -0.482 e. The Balaban J connectivity index is 1.47. The SMILES string of the molecule is C[C@@H](OC(=O)COc1ccc(C=O)cc1)C(=O)Nc1nc(-c2ccccc2)cs1. The number of carbonyl (C=O) groups excluding carboxylic acids is 3. The predicted molar refractivity (Wildman–Crippen MR) is 109 cm³/mol. The fraction of sp³-hybridized carbons (Fsp3) is 0.143. The Labute approximate surface area is 171 Å². The average Bonchev–Trinajstić information content (AvgIpc) is 3.21. The summed E-state index contributed by atoms with van der Waals surface area (Å²) < 4.78 is 10.4. The molecule has 3 rings (SSSR count).